The molecule has 0 atom stereocenters. The van der Waals surface area contributed by atoms with Crippen molar-refractivity contribution in [2.45, 2.75) is 39.7 Å². The number of aliphatic imine (C=N–C) groups is 1. The minimum Gasteiger partial charge on any atom is -0.444 e. The predicted octanol–water partition coefficient (Wildman–Crippen LogP) is 3.40. The Morgan fingerprint density at radius 3 is 2.36 bits per heavy atom. The Morgan fingerprint density at radius 2 is 1.86 bits per heavy atom. The second kappa shape index (κ2) is 10.8. The molecule has 0 unspecified atom stereocenters. The third-order valence-corrected chi connectivity index (χ3v) is 4.11. The lowest BCUT2D eigenvalue weighted by Crippen LogP contribution is -2.51. The van der Waals surface area contributed by atoms with Crippen LogP contribution in [0.4, 0.5) is 10.5 Å². The first-order chi connectivity index (χ1) is 12.7. The molecular formula is C20H33IN4O3. The first kappa shape index (κ1) is 24.5. The minimum absolute atomic E-state index is 0. The highest BCUT2D eigenvalue weighted by molar-refractivity contribution is 14.0. The largest absolute Gasteiger partial charge is 0.444 e. The molecule has 1 saturated heterocycles. The number of amides is 1. The van der Waals surface area contributed by atoms with Gasteiger partial charge in [0.2, 0.25) is 0 Å². The number of halogens is 1. The number of hydrogen-bond acceptors (Lipinski definition) is 4. The van der Waals surface area contributed by atoms with Gasteiger partial charge in [-0.25, -0.2) is 4.79 Å². The summed E-state index contributed by atoms with van der Waals surface area (Å²) in [6.45, 7) is 10.9. The number of hydrogen-bond donors (Lipinski definition) is 3. The van der Waals surface area contributed by atoms with Crippen molar-refractivity contribution in [2.24, 2.45) is 10.4 Å². The van der Waals surface area contributed by atoms with Gasteiger partial charge in [-0.1, -0.05) is 19.1 Å². The zero-order chi connectivity index (χ0) is 19.9. The molecular weight excluding hydrogens is 471 g/mol. The van der Waals surface area contributed by atoms with Crippen molar-refractivity contribution < 1.29 is 14.3 Å². The van der Waals surface area contributed by atoms with Gasteiger partial charge in [-0.15, -0.1) is 24.0 Å². The quantitative estimate of drug-likeness (QED) is 0.314. The summed E-state index contributed by atoms with van der Waals surface area (Å²) < 4.78 is 10.5. The summed E-state index contributed by atoms with van der Waals surface area (Å²) in [5.41, 5.74) is 1.58. The van der Waals surface area contributed by atoms with Gasteiger partial charge in [0.1, 0.15) is 5.60 Å². The van der Waals surface area contributed by atoms with E-state index < -0.39 is 11.7 Å². The van der Waals surface area contributed by atoms with Crippen LogP contribution in [0.1, 0.15) is 33.3 Å². The maximum atomic E-state index is 11.8. The molecule has 8 heteroatoms. The van der Waals surface area contributed by atoms with Crippen LogP contribution in [-0.2, 0) is 15.9 Å². The summed E-state index contributed by atoms with van der Waals surface area (Å²) in [6, 6.07) is 7.75. The molecule has 0 saturated carbocycles. The van der Waals surface area contributed by atoms with Gasteiger partial charge in [0.25, 0.3) is 0 Å². The summed E-state index contributed by atoms with van der Waals surface area (Å²) in [7, 11) is 1.77. The first-order valence-electron chi connectivity index (χ1n) is 9.30. The number of nitrogens with one attached hydrogen (secondary N) is 3. The van der Waals surface area contributed by atoms with Crippen LogP contribution in [-0.4, -0.2) is 51.0 Å². The van der Waals surface area contributed by atoms with Gasteiger partial charge in [0.05, 0.1) is 13.2 Å². The van der Waals surface area contributed by atoms with Crippen LogP contribution in [0.25, 0.3) is 0 Å². The van der Waals surface area contributed by atoms with Gasteiger partial charge in [-0.3, -0.25) is 10.3 Å². The van der Waals surface area contributed by atoms with Crippen LogP contribution in [0.3, 0.4) is 0 Å². The van der Waals surface area contributed by atoms with E-state index in [-0.39, 0.29) is 29.4 Å². The molecule has 28 heavy (non-hydrogen) atoms. The van der Waals surface area contributed by atoms with E-state index in [0.29, 0.717) is 0 Å². The van der Waals surface area contributed by atoms with Crippen LogP contribution >= 0.6 is 24.0 Å². The van der Waals surface area contributed by atoms with Crippen molar-refractivity contribution >= 4 is 41.7 Å². The average Bonchev–Trinajstić information content (AvgIpc) is 2.56. The van der Waals surface area contributed by atoms with Gasteiger partial charge >= 0.3 is 6.09 Å². The molecule has 7 nitrogen and oxygen atoms in total. The minimum atomic E-state index is -0.509. The Bertz CT molecular complexity index is 652. The molecule has 0 spiro atoms. The van der Waals surface area contributed by atoms with E-state index in [9.17, 15) is 4.79 Å². The molecule has 3 N–H and O–H groups in total. The number of carbonyl (C=O) groups is 1. The molecule has 2 rings (SSSR count). The summed E-state index contributed by atoms with van der Waals surface area (Å²) in [5.74, 6) is 0.798. The van der Waals surface area contributed by atoms with E-state index >= 15 is 0 Å². The molecule has 1 fully saturated rings. The van der Waals surface area contributed by atoms with Gasteiger partial charge in [0.15, 0.2) is 5.96 Å². The lowest BCUT2D eigenvalue weighted by Gasteiger charge is -2.38. The molecule has 0 aliphatic carbocycles. The highest BCUT2D eigenvalue weighted by atomic mass is 127. The monoisotopic (exact) mass is 504 g/mol. The number of anilines is 1. The Kier molecular flexibility index (Phi) is 9.49. The third kappa shape index (κ3) is 8.64. The second-order valence-corrected chi connectivity index (χ2v) is 8.23. The summed E-state index contributed by atoms with van der Waals surface area (Å²) in [6.07, 6.45) is 0.408. The SMILES string of the molecule is CN=C(NCCc1ccc(NC(=O)OC(C)(C)C)cc1)NCC1(C)COC1.I. The Balaban J connectivity index is 0.00000392. The Labute approximate surface area is 185 Å². The number of benzene rings is 1. The second-order valence-electron chi connectivity index (χ2n) is 8.23. The van der Waals surface area contributed by atoms with E-state index in [1.54, 1.807) is 7.05 Å². The number of guanidine groups is 1. The Morgan fingerprint density at radius 1 is 1.21 bits per heavy atom. The van der Waals surface area contributed by atoms with Gasteiger partial charge in [-0.05, 0) is 44.9 Å². The third-order valence-electron chi connectivity index (χ3n) is 4.11. The molecule has 1 aromatic carbocycles. The standard InChI is InChI=1S/C20H32N4O3.HI/c1-19(2,3)27-18(25)24-16-8-6-15(7-9-16)10-11-22-17(21-5)23-12-20(4)13-26-14-20;/h6-9H,10-14H2,1-5H3,(H,24,25)(H2,21,22,23);1H. The zero-order valence-electron chi connectivity index (χ0n) is 17.4. The maximum absolute atomic E-state index is 11.8. The van der Waals surface area contributed by atoms with Crippen LogP contribution in [0.15, 0.2) is 29.3 Å². The van der Waals surface area contributed by atoms with Gasteiger partial charge in [-0.2, -0.15) is 0 Å². The van der Waals surface area contributed by atoms with Crippen molar-refractivity contribution in [3.05, 3.63) is 29.8 Å². The number of rotatable bonds is 6. The lowest BCUT2D eigenvalue weighted by atomic mass is 9.89. The lowest BCUT2D eigenvalue weighted by molar-refractivity contribution is -0.0971. The van der Waals surface area contributed by atoms with Crippen LogP contribution in [0, 0.1) is 5.41 Å². The summed E-state index contributed by atoms with van der Waals surface area (Å²) in [5, 5.41) is 9.40. The average molecular weight is 504 g/mol. The fourth-order valence-corrected chi connectivity index (χ4v) is 2.57. The van der Waals surface area contributed by atoms with Crippen molar-refractivity contribution in [3.8, 4) is 0 Å². The maximum Gasteiger partial charge on any atom is 0.412 e. The van der Waals surface area contributed by atoms with E-state index in [0.717, 1.165) is 44.4 Å². The van der Waals surface area contributed by atoms with Crippen LogP contribution in [0.5, 0.6) is 0 Å². The molecule has 1 aliphatic heterocycles. The highest BCUT2D eigenvalue weighted by Crippen LogP contribution is 2.24. The molecule has 1 aromatic rings. The molecule has 0 bridgehead atoms. The predicted molar refractivity (Wildman–Crippen MR) is 124 cm³/mol. The molecule has 1 amide bonds. The summed E-state index contributed by atoms with van der Waals surface area (Å²) >= 11 is 0. The van der Waals surface area contributed by atoms with Crippen molar-refractivity contribution in [1.29, 1.82) is 0 Å². The van der Waals surface area contributed by atoms with E-state index in [2.05, 4.69) is 27.9 Å². The van der Waals surface area contributed by atoms with Gasteiger partial charge < -0.3 is 20.1 Å². The topological polar surface area (TPSA) is 84.0 Å². The van der Waals surface area contributed by atoms with Gasteiger partial charge in [0, 0.05) is 31.2 Å². The van der Waals surface area contributed by atoms with E-state index in [1.165, 1.54) is 5.56 Å². The Hall–Kier alpha value is -1.55. The number of carbonyl (C=O) groups excluding carboxylic acids is 1. The normalized spacial score (nSPS) is 15.7. The zero-order valence-corrected chi connectivity index (χ0v) is 19.8. The summed E-state index contributed by atoms with van der Waals surface area (Å²) in [4.78, 5) is 16.0. The molecule has 1 aliphatic rings. The van der Waals surface area contributed by atoms with Crippen molar-refractivity contribution in [2.75, 3.05) is 38.7 Å². The van der Waals surface area contributed by atoms with E-state index in [1.807, 2.05) is 45.0 Å². The van der Waals surface area contributed by atoms with E-state index in [4.69, 9.17) is 9.47 Å². The fraction of sp³-hybridized carbons (Fsp3) is 0.600. The molecule has 158 valence electrons. The van der Waals surface area contributed by atoms with Crippen molar-refractivity contribution in [3.63, 3.8) is 0 Å². The molecule has 0 radical (unpaired) electrons. The number of nitrogens with zero attached hydrogens (tertiary/aromatic N) is 1. The molecule has 1 heterocycles. The van der Waals surface area contributed by atoms with Crippen LogP contribution in [0.2, 0.25) is 0 Å². The highest BCUT2D eigenvalue weighted by Gasteiger charge is 2.33. The van der Waals surface area contributed by atoms with Crippen molar-refractivity contribution in [1.82, 2.24) is 10.6 Å². The number of ether oxygens (including phenoxy) is 2. The smallest absolute Gasteiger partial charge is 0.412 e. The molecule has 0 aromatic heterocycles. The first-order valence-corrected chi connectivity index (χ1v) is 9.30. The fourth-order valence-electron chi connectivity index (χ4n) is 2.57. The van der Waals surface area contributed by atoms with Crippen LogP contribution < -0.4 is 16.0 Å².